The number of para-hydroxylation sites is 1. The number of ketones is 1. The van der Waals surface area contributed by atoms with Crippen LogP contribution in [-0.4, -0.2) is 46.2 Å². The molecule has 2 fully saturated rings. The summed E-state index contributed by atoms with van der Waals surface area (Å²) in [5.41, 5.74) is 2.81. The summed E-state index contributed by atoms with van der Waals surface area (Å²) >= 11 is 0. The van der Waals surface area contributed by atoms with Gasteiger partial charge in [0.15, 0.2) is 11.5 Å². The highest BCUT2D eigenvalue weighted by atomic mass is 16.7. The van der Waals surface area contributed by atoms with Crippen LogP contribution in [0.5, 0.6) is 11.6 Å². The number of hydrogen-bond acceptors (Lipinski definition) is 6. The van der Waals surface area contributed by atoms with E-state index in [1.54, 1.807) is 23.2 Å². The third-order valence-corrected chi connectivity index (χ3v) is 10.4. The van der Waals surface area contributed by atoms with Gasteiger partial charge in [0.05, 0.1) is 18.0 Å². The fraction of sp³-hybridized carbons (Fsp3) is 0.366. The predicted molar refractivity (Wildman–Crippen MR) is 188 cm³/mol. The number of nitrogens with zero attached hydrogens (tertiary/aromatic N) is 2. The second-order valence-electron chi connectivity index (χ2n) is 13.7. The summed E-state index contributed by atoms with van der Waals surface area (Å²) in [4.78, 5) is 54.8. The first kappa shape index (κ1) is 32.6. The molecule has 252 valence electrons. The Morgan fingerprint density at radius 2 is 1.69 bits per heavy atom. The van der Waals surface area contributed by atoms with Crippen molar-refractivity contribution >= 4 is 28.4 Å². The van der Waals surface area contributed by atoms with E-state index in [9.17, 15) is 14.4 Å². The van der Waals surface area contributed by atoms with Gasteiger partial charge >= 0.3 is 0 Å². The molecule has 5 atom stereocenters. The number of nitrogens with one attached hydrogen (secondary N) is 1. The third-order valence-electron chi connectivity index (χ3n) is 10.4. The molecule has 3 heterocycles. The number of hydrogen-bond donors (Lipinski definition) is 1. The zero-order valence-corrected chi connectivity index (χ0v) is 27.7. The van der Waals surface area contributed by atoms with E-state index >= 15 is 0 Å². The molecule has 7 rings (SSSR count). The molecule has 0 unspecified atom stereocenters. The van der Waals surface area contributed by atoms with Gasteiger partial charge < -0.3 is 14.5 Å². The molecule has 0 spiro atoms. The molecule has 1 saturated heterocycles. The van der Waals surface area contributed by atoms with E-state index < -0.39 is 17.6 Å². The van der Waals surface area contributed by atoms with E-state index in [0.29, 0.717) is 30.9 Å². The second-order valence-corrected chi connectivity index (χ2v) is 13.7. The first-order valence-corrected chi connectivity index (χ1v) is 17.6. The molecular weight excluding hydrogens is 614 g/mol. The van der Waals surface area contributed by atoms with Gasteiger partial charge in [-0.3, -0.25) is 14.4 Å². The van der Waals surface area contributed by atoms with Crippen molar-refractivity contribution in [2.75, 3.05) is 6.54 Å². The van der Waals surface area contributed by atoms with Crippen LogP contribution < -0.4 is 15.1 Å². The van der Waals surface area contributed by atoms with Gasteiger partial charge in [0.1, 0.15) is 6.10 Å². The number of pyridine rings is 1. The molecule has 8 heteroatoms. The summed E-state index contributed by atoms with van der Waals surface area (Å²) in [6.45, 7) is 0.283. The van der Waals surface area contributed by atoms with Gasteiger partial charge in [0.2, 0.25) is 11.8 Å². The van der Waals surface area contributed by atoms with Crippen LogP contribution in [0.2, 0.25) is 0 Å². The number of amides is 2. The Bertz CT molecular complexity index is 1810. The summed E-state index contributed by atoms with van der Waals surface area (Å²) in [5.74, 6) is 0.210. The molecule has 8 nitrogen and oxygen atoms in total. The number of Topliss-reactive ketones (excluding diaryl/α,β-unsaturated/α-hetero) is 1. The maximum absolute atomic E-state index is 14.6. The van der Waals surface area contributed by atoms with Crippen LogP contribution in [0.25, 0.3) is 10.8 Å². The highest BCUT2D eigenvalue weighted by Gasteiger charge is 2.61. The molecule has 3 aliphatic rings. The Morgan fingerprint density at radius 3 is 2.53 bits per heavy atom. The molecule has 3 aromatic carbocycles. The van der Waals surface area contributed by atoms with Crippen molar-refractivity contribution < 1.29 is 24.0 Å². The highest BCUT2D eigenvalue weighted by molar-refractivity contribution is 5.96. The van der Waals surface area contributed by atoms with Gasteiger partial charge in [-0.2, -0.15) is 5.48 Å². The number of rotatable bonds is 7. The number of carbonyl (C=O) groups excluding carboxylic acids is 3. The van der Waals surface area contributed by atoms with Gasteiger partial charge in [0.25, 0.3) is 5.91 Å². The third kappa shape index (κ3) is 7.38. The standard InChI is InChI=1S/C41H43N3O5/c45-37-27-41(40(47)43-49-33-19-10-5-11-20-33)26-32(41)18-9-3-1-2-8-17-31(24-29-14-6-4-7-15-29)39(46)44-28-34(25-36(37)44)48-38-35-21-13-12-16-30(35)22-23-42-38/h4-7,9-16,18-23,31-32,34,36H,1-3,8,17,24-28H2,(H,43,47)/b18-9-/t31-,32-,34-,36+,41-/m1/s1. The van der Waals surface area contributed by atoms with E-state index in [1.165, 1.54) is 0 Å². The van der Waals surface area contributed by atoms with E-state index in [1.807, 2.05) is 66.7 Å². The van der Waals surface area contributed by atoms with Crippen molar-refractivity contribution in [1.29, 1.82) is 0 Å². The molecule has 1 aromatic heterocycles. The van der Waals surface area contributed by atoms with Gasteiger partial charge in [-0.05, 0) is 73.2 Å². The number of fused-ring (bicyclic) bond motifs is 3. The van der Waals surface area contributed by atoms with Crippen molar-refractivity contribution in [1.82, 2.24) is 15.4 Å². The lowest BCUT2D eigenvalue weighted by molar-refractivity contribution is -0.143. The normalized spacial score (nSPS) is 26.5. The molecule has 2 amide bonds. The smallest absolute Gasteiger partial charge is 0.259 e. The molecule has 2 aliphatic heterocycles. The van der Waals surface area contributed by atoms with Gasteiger partial charge in [-0.1, -0.05) is 91.7 Å². The molecule has 0 radical (unpaired) electrons. The molecule has 49 heavy (non-hydrogen) atoms. The number of allylic oxidation sites excluding steroid dienone is 2. The average molecular weight is 658 g/mol. The number of benzene rings is 3. The highest BCUT2D eigenvalue weighted by Crippen LogP contribution is 2.57. The van der Waals surface area contributed by atoms with E-state index in [2.05, 4.69) is 34.7 Å². The number of carbonyl (C=O) groups is 3. The lowest BCUT2D eigenvalue weighted by atomic mass is 9.90. The van der Waals surface area contributed by atoms with Gasteiger partial charge in [0, 0.05) is 30.3 Å². The zero-order valence-electron chi connectivity index (χ0n) is 27.7. The van der Waals surface area contributed by atoms with E-state index in [4.69, 9.17) is 9.57 Å². The predicted octanol–water partition coefficient (Wildman–Crippen LogP) is 7.04. The molecule has 4 aromatic rings. The quantitative estimate of drug-likeness (QED) is 0.169. The van der Waals surface area contributed by atoms with Crippen molar-refractivity contribution in [2.45, 2.75) is 69.9 Å². The van der Waals surface area contributed by atoms with E-state index in [-0.39, 0.29) is 42.4 Å². The minimum atomic E-state index is -0.934. The van der Waals surface area contributed by atoms with Crippen molar-refractivity contribution in [3.63, 3.8) is 0 Å². The van der Waals surface area contributed by atoms with Crippen LogP contribution in [0, 0.1) is 17.3 Å². The number of aromatic nitrogens is 1. The van der Waals surface area contributed by atoms with Crippen LogP contribution in [-0.2, 0) is 20.8 Å². The summed E-state index contributed by atoms with van der Waals surface area (Å²) in [6.07, 6.45) is 11.6. The Labute approximate surface area is 287 Å². The summed E-state index contributed by atoms with van der Waals surface area (Å²) < 4.78 is 6.51. The van der Waals surface area contributed by atoms with Crippen LogP contribution in [0.3, 0.4) is 0 Å². The maximum atomic E-state index is 14.6. The Kier molecular flexibility index (Phi) is 9.73. The Balaban J connectivity index is 1.17. The van der Waals surface area contributed by atoms with Gasteiger partial charge in [-0.15, -0.1) is 0 Å². The van der Waals surface area contributed by atoms with Crippen LogP contribution in [0.1, 0.15) is 56.9 Å². The first-order chi connectivity index (χ1) is 24.0. The number of ether oxygens (including phenoxy) is 1. The fourth-order valence-electron chi connectivity index (χ4n) is 7.57. The minimum Gasteiger partial charge on any atom is -0.472 e. The largest absolute Gasteiger partial charge is 0.472 e. The fourth-order valence-corrected chi connectivity index (χ4v) is 7.57. The van der Waals surface area contributed by atoms with E-state index in [0.717, 1.165) is 48.4 Å². The lowest BCUT2D eigenvalue weighted by Gasteiger charge is -2.29. The van der Waals surface area contributed by atoms with Crippen LogP contribution in [0.4, 0.5) is 0 Å². The summed E-state index contributed by atoms with van der Waals surface area (Å²) in [7, 11) is 0. The zero-order chi connectivity index (χ0) is 33.6. The Morgan fingerprint density at radius 1 is 0.918 bits per heavy atom. The Hall–Kier alpha value is -4.98. The second kappa shape index (κ2) is 14.6. The molecule has 1 saturated carbocycles. The van der Waals surface area contributed by atoms with Crippen LogP contribution in [0.15, 0.2) is 109 Å². The average Bonchev–Trinajstić information content (AvgIpc) is 3.66. The monoisotopic (exact) mass is 657 g/mol. The van der Waals surface area contributed by atoms with Crippen molar-refractivity contribution in [3.8, 4) is 11.6 Å². The van der Waals surface area contributed by atoms with Crippen LogP contribution >= 0.6 is 0 Å². The van der Waals surface area contributed by atoms with Crippen molar-refractivity contribution in [3.05, 3.63) is 115 Å². The topological polar surface area (TPSA) is 97.8 Å². The SMILES string of the molecule is O=C1C[C@]2(C(=O)NOc3ccccc3)C[C@H]2/C=C\CCCCC[C@H](Cc2ccccc2)C(=O)N2C[C@H](Oc3nccc4ccccc34)C[C@@H]12. The minimum absolute atomic E-state index is 0.0169. The maximum Gasteiger partial charge on any atom is 0.259 e. The summed E-state index contributed by atoms with van der Waals surface area (Å²) in [5, 5.41) is 1.89. The number of hydroxylamine groups is 1. The molecular formula is C41H43N3O5. The van der Waals surface area contributed by atoms with Crippen molar-refractivity contribution in [2.24, 2.45) is 17.3 Å². The summed E-state index contributed by atoms with van der Waals surface area (Å²) in [6, 6.07) is 28.3. The molecule has 1 N–H and O–H groups in total. The molecule has 0 bridgehead atoms. The van der Waals surface area contributed by atoms with Gasteiger partial charge in [-0.25, -0.2) is 4.98 Å². The molecule has 1 aliphatic carbocycles. The lowest BCUT2D eigenvalue weighted by Crippen LogP contribution is -2.46. The first-order valence-electron chi connectivity index (χ1n) is 17.6.